The Hall–Kier alpha value is -2.40. The van der Waals surface area contributed by atoms with Gasteiger partial charge in [-0.25, -0.2) is 9.18 Å². The predicted octanol–water partition coefficient (Wildman–Crippen LogP) is 5.54. The minimum Gasteiger partial charge on any atom is -0.354 e. The van der Waals surface area contributed by atoms with E-state index in [1.807, 2.05) is 0 Å². The van der Waals surface area contributed by atoms with Crippen molar-refractivity contribution in [2.45, 2.75) is 32.1 Å². The highest BCUT2D eigenvalue weighted by molar-refractivity contribution is 7.17. The van der Waals surface area contributed by atoms with E-state index in [0.29, 0.717) is 26.5 Å². The topological polar surface area (TPSA) is 87.9 Å². The van der Waals surface area contributed by atoms with Gasteiger partial charge in [0, 0.05) is 38.2 Å². The molecule has 1 saturated carbocycles. The van der Waals surface area contributed by atoms with Crippen molar-refractivity contribution in [2.75, 3.05) is 37.6 Å². The number of piperazine rings is 1. The van der Waals surface area contributed by atoms with Crippen molar-refractivity contribution in [3.8, 4) is 0 Å². The van der Waals surface area contributed by atoms with Gasteiger partial charge in [-0.05, 0) is 62.8 Å². The van der Waals surface area contributed by atoms with E-state index in [1.54, 1.807) is 18.2 Å². The number of fused-ring (bicyclic) bond motifs is 1. The molecule has 1 saturated heterocycles. The average Bonchev–Trinajstić information content (AvgIpc) is 3.53. The quantitative estimate of drug-likeness (QED) is 0.390. The highest BCUT2D eigenvalue weighted by Gasteiger charge is 2.28. The Morgan fingerprint density at radius 2 is 1.89 bits per heavy atom. The molecule has 3 heterocycles. The van der Waals surface area contributed by atoms with E-state index in [1.165, 1.54) is 6.07 Å². The minimum absolute atomic E-state index is 0.0625. The van der Waals surface area contributed by atoms with Crippen molar-refractivity contribution in [2.24, 2.45) is 11.8 Å². The summed E-state index contributed by atoms with van der Waals surface area (Å²) in [4.78, 5) is 34.3. The SMILES string of the molecule is O=C(ONC(=O)C1CCC(CCN2CCN(c3noc4cc(F)c(Cl)cc34)CC2)CC1)c1ccc(Cl)s1. The molecule has 0 bridgehead atoms. The molecule has 1 aliphatic carbocycles. The van der Waals surface area contributed by atoms with Crippen LogP contribution in [0.4, 0.5) is 10.2 Å². The Bertz CT molecular complexity index is 1270. The fourth-order valence-electron chi connectivity index (χ4n) is 5.06. The van der Waals surface area contributed by atoms with Gasteiger partial charge in [0.2, 0.25) is 0 Å². The van der Waals surface area contributed by atoms with Crippen molar-refractivity contribution in [1.82, 2.24) is 15.5 Å². The van der Waals surface area contributed by atoms with Gasteiger partial charge in [0.1, 0.15) is 10.7 Å². The number of thiophene rings is 1. The smallest absolute Gasteiger partial charge is 0.354 e. The summed E-state index contributed by atoms with van der Waals surface area (Å²) in [5.41, 5.74) is 2.71. The second kappa shape index (κ2) is 11.6. The molecule has 12 heteroatoms. The highest BCUT2D eigenvalue weighted by Crippen LogP contribution is 2.33. The number of carbonyl (C=O) groups excluding carboxylic acids is 2. The molecule has 2 aliphatic rings. The van der Waals surface area contributed by atoms with Crippen LogP contribution in [-0.2, 0) is 9.63 Å². The van der Waals surface area contributed by atoms with Gasteiger partial charge in [-0.3, -0.25) is 9.69 Å². The van der Waals surface area contributed by atoms with E-state index in [-0.39, 0.29) is 16.8 Å². The Balaban J connectivity index is 1.01. The maximum absolute atomic E-state index is 13.7. The van der Waals surface area contributed by atoms with E-state index >= 15 is 0 Å². The first kappa shape index (κ1) is 26.2. The summed E-state index contributed by atoms with van der Waals surface area (Å²) in [6.45, 7) is 4.43. The van der Waals surface area contributed by atoms with E-state index < -0.39 is 11.8 Å². The molecule has 0 radical (unpaired) electrons. The van der Waals surface area contributed by atoms with Crippen LogP contribution < -0.4 is 10.4 Å². The van der Waals surface area contributed by atoms with E-state index in [4.69, 9.17) is 32.6 Å². The summed E-state index contributed by atoms with van der Waals surface area (Å²) in [6, 6.07) is 6.03. The molecule has 2 aromatic heterocycles. The molecule has 1 amide bonds. The summed E-state index contributed by atoms with van der Waals surface area (Å²) >= 11 is 12.9. The van der Waals surface area contributed by atoms with Crippen LogP contribution >= 0.6 is 34.5 Å². The number of halogens is 3. The molecule has 1 aromatic carbocycles. The van der Waals surface area contributed by atoms with Crippen LogP contribution in [0.5, 0.6) is 0 Å². The lowest BCUT2D eigenvalue weighted by Gasteiger charge is -2.36. The normalized spacial score (nSPS) is 20.8. The van der Waals surface area contributed by atoms with Gasteiger partial charge in [0.05, 0.1) is 14.7 Å². The van der Waals surface area contributed by atoms with E-state index in [9.17, 15) is 14.0 Å². The van der Waals surface area contributed by atoms with Gasteiger partial charge in [-0.1, -0.05) is 28.4 Å². The fraction of sp³-hybridized carbons (Fsp3) is 0.480. The Morgan fingerprint density at radius 1 is 1.14 bits per heavy atom. The number of nitrogens with zero attached hydrogens (tertiary/aromatic N) is 3. The number of amides is 1. The molecule has 2 fully saturated rings. The molecule has 37 heavy (non-hydrogen) atoms. The number of hydrogen-bond donors (Lipinski definition) is 1. The van der Waals surface area contributed by atoms with Gasteiger partial charge >= 0.3 is 5.97 Å². The van der Waals surface area contributed by atoms with Gasteiger partial charge < -0.3 is 14.3 Å². The molecule has 198 valence electrons. The molecule has 1 aliphatic heterocycles. The number of hydroxylamine groups is 1. The van der Waals surface area contributed by atoms with Crippen molar-refractivity contribution in [1.29, 1.82) is 0 Å². The van der Waals surface area contributed by atoms with E-state index in [2.05, 4.69) is 20.4 Å². The molecule has 5 rings (SSSR count). The van der Waals surface area contributed by atoms with Gasteiger partial charge in [-0.2, -0.15) is 5.48 Å². The lowest BCUT2D eigenvalue weighted by Crippen LogP contribution is -2.47. The number of benzene rings is 1. The van der Waals surface area contributed by atoms with Crippen LogP contribution in [0.1, 0.15) is 41.8 Å². The van der Waals surface area contributed by atoms with Crippen molar-refractivity contribution in [3.05, 3.63) is 44.3 Å². The van der Waals surface area contributed by atoms with E-state index in [0.717, 1.165) is 81.6 Å². The van der Waals surface area contributed by atoms with Crippen LogP contribution in [0.2, 0.25) is 9.36 Å². The second-order valence-electron chi connectivity index (χ2n) is 9.56. The zero-order valence-corrected chi connectivity index (χ0v) is 22.4. The lowest BCUT2D eigenvalue weighted by atomic mass is 9.80. The van der Waals surface area contributed by atoms with Crippen LogP contribution in [0.15, 0.2) is 28.8 Å². The minimum atomic E-state index is -0.603. The summed E-state index contributed by atoms with van der Waals surface area (Å²) in [5.74, 6) is -0.214. The van der Waals surface area contributed by atoms with Gasteiger partial charge in [0.25, 0.3) is 5.91 Å². The monoisotopic (exact) mass is 568 g/mol. The number of carbonyl (C=O) groups is 2. The zero-order valence-electron chi connectivity index (χ0n) is 20.1. The molecular formula is C25H27Cl2FN4O4S. The Kier molecular flexibility index (Phi) is 8.18. The second-order valence-corrected chi connectivity index (χ2v) is 11.7. The molecule has 3 aromatic rings. The van der Waals surface area contributed by atoms with Gasteiger partial charge in [-0.15, -0.1) is 11.3 Å². The summed E-state index contributed by atoms with van der Waals surface area (Å²) in [7, 11) is 0. The first-order valence-electron chi connectivity index (χ1n) is 12.4. The lowest BCUT2D eigenvalue weighted by molar-refractivity contribution is -0.135. The third-order valence-electron chi connectivity index (χ3n) is 7.26. The predicted molar refractivity (Wildman–Crippen MR) is 141 cm³/mol. The number of anilines is 1. The fourth-order valence-corrected chi connectivity index (χ4v) is 6.15. The van der Waals surface area contributed by atoms with Crippen LogP contribution in [-0.4, -0.2) is 54.7 Å². The molecule has 1 N–H and O–H groups in total. The first-order valence-corrected chi connectivity index (χ1v) is 13.9. The maximum Gasteiger partial charge on any atom is 0.372 e. The Morgan fingerprint density at radius 3 is 2.59 bits per heavy atom. The summed E-state index contributed by atoms with van der Waals surface area (Å²) in [6.07, 6.45) is 4.62. The maximum atomic E-state index is 13.7. The van der Waals surface area contributed by atoms with Crippen molar-refractivity contribution < 1.29 is 23.3 Å². The molecule has 8 nitrogen and oxygen atoms in total. The number of aromatic nitrogens is 1. The molecule has 0 atom stereocenters. The largest absolute Gasteiger partial charge is 0.372 e. The van der Waals surface area contributed by atoms with Crippen LogP contribution in [0.25, 0.3) is 11.0 Å². The van der Waals surface area contributed by atoms with Gasteiger partial charge in [0.15, 0.2) is 11.4 Å². The van der Waals surface area contributed by atoms with Crippen LogP contribution in [0.3, 0.4) is 0 Å². The number of rotatable bonds is 6. The number of nitrogens with one attached hydrogen (secondary N) is 1. The summed E-state index contributed by atoms with van der Waals surface area (Å²) < 4.78 is 19.5. The summed E-state index contributed by atoms with van der Waals surface area (Å²) in [5, 5.41) is 4.94. The highest BCUT2D eigenvalue weighted by atomic mass is 35.5. The third kappa shape index (κ3) is 6.19. The molecule has 0 spiro atoms. The third-order valence-corrected chi connectivity index (χ3v) is 8.76. The average molecular weight is 569 g/mol. The standard InChI is InChI=1S/C25H27Cl2FN4O4S/c26-18-13-17-20(14-19(18)28)35-29-23(17)32-11-9-31(10-12-32)8-7-15-1-3-16(4-2-15)24(33)30-36-25(34)21-5-6-22(27)37-21/h5-6,13-16H,1-4,7-12H2,(H,30,33). The zero-order chi connectivity index (χ0) is 25.9. The Labute approximate surface area is 227 Å². The molecular weight excluding hydrogens is 542 g/mol. The van der Waals surface area contributed by atoms with Crippen LogP contribution in [0, 0.1) is 17.7 Å². The van der Waals surface area contributed by atoms with Crippen molar-refractivity contribution >= 4 is 63.2 Å². The first-order chi connectivity index (χ1) is 17.9. The number of hydrogen-bond acceptors (Lipinski definition) is 8. The molecule has 0 unspecified atom stereocenters. The van der Waals surface area contributed by atoms with Crippen molar-refractivity contribution in [3.63, 3.8) is 0 Å².